The number of H-pyrrole nitrogens is 1. The number of hydrogen-bond donors (Lipinski definition) is 2. The molecule has 2 N–H and O–H groups in total. The van der Waals surface area contributed by atoms with Gasteiger partial charge < -0.3 is 5.32 Å². The number of rotatable bonds is 2. The molecule has 0 aliphatic carbocycles. The molecule has 0 saturated carbocycles. The van der Waals surface area contributed by atoms with E-state index in [0.717, 1.165) is 10.2 Å². The number of nitrogens with one attached hydrogen (secondary N) is 2. The average molecular weight is 232 g/mol. The van der Waals surface area contributed by atoms with Gasteiger partial charge in [-0.25, -0.2) is 9.90 Å². The number of aromatic nitrogens is 3. The second kappa shape index (κ2) is 4.25. The lowest BCUT2D eigenvalue weighted by atomic mass is 10.2. The van der Waals surface area contributed by atoms with Gasteiger partial charge >= 0.3 is 0 Å². The zero-order valence-electron chi connectivity index (χ0n) is 9.52. The number of aromatic amines is 1. The van der Waals surface area contributed by atoms with Gasteiger partial charge in [0.05, 0.1) is 0 Å². The third-order valence-electron chi connectivity index (χ3n) is 2.34. The minimum absolute atomic E-state index is 0.145. The third-order valence-corrected chi connectivity index (χ3v) is 2.34. The van der Waals surface area contributed by atoms with Gasteiger partial charge in [0.1, 0.15) is 0 Å². The normalized spacial score (nSPS) is 10.2. The summed E-state index contributed by atoms with van der Waals surface area (Å²) in [5.74, 6) is -0.518. The molecule has 6 heteroatoms. The van der Waals surface area contributed by atoms with Crippen molar-refractivity contribution < 1.29 is 4.79 Å². The summed E-state index contributed by atoms with van der Waals surface area (Å²) in [6, 6.07) is 7.28. The van der Waals surface area contributed by atoms with Crippen molar-refractivity contribution in [2.24, 2.45) is 7.05 Å². The van der Waals surface area contributed by atoms with E-state index in [-0.39, 0.29) is 5.69 Å². The van der Waals surface area contributed by atoms with Crippen molar-refractivity contribution in [3.63, 3.8) is 0 Å². The molecular formula is C11H12N4O2. The molecule has 2 rings (SSSR count). The Morgan fingerprint density at radius 3 is 2.53 bits per heavy atom. The molecule has 0 aliphatic heterocycles. The van der Waals surface area contributed by atoms with Crippen LogP contribution in [0.1, 0.15) is 16.1 Å². The summed E-state index contributed by atoms with van der Waals surface area (Å²) >= 11 is 0. The van der Waals surface area contributed by atoms with Gasteiger partial charge in [-0.15, -0.1) is 5.10 Å². The lowest BCUT2D eigenvalue weighted by molar-refractivity contribution is 0.102. The van der Waals surface area contributed by atoms with Crippen LogP contribution < -0.4 is 10.9 Å². The molecule has 88 valence electrons. The largest absolute Gasteiger partial charge is 0.320 e. The summed E-state index contributed by atoms with van der Waals surface area (Å²) in [6.07, 6.45) is 0. The number of hydrogen-bond acceptors (Lipinski definition) is 3. The maximum atomic E-state index is 11.7. The number of nitrogens with zero attached hydrogens (tertiary/aromatic N) is 2. The third kappa shape index (κ3) is 2.25. The van der Waals surface area contributed by atoms with Crippen molar-refractivity contribution in [1.82, 2.24) is 15.0 Å². The minimum Gasteiger partial charge on any atom is -0.320 e. The van der Waals surface area contributed by atoms with E-state index in [1.807, 2.05) is 19.1 Å². The van der Waals surface area contributed by atoms with E-state index in [1.54, 1.807) is 12.1 Å². The average Bonchev–Trinajstić information content (AvgIpc) is 2.63. The Morgan fingerprint density at radius 2 is 2.00 bits per heavy atom. The molecule has 0 atom stereocenters. The van der Waals surface area contributed by atoms with Gasteiger partial charge in [-0.05, 0) is 19.1 Å². The van der Waals surface area contributed by atoms with Crippen molar-refractivity contribution >= 4 is 11.6 Å². The fraction of sp³-hybridized carbons (Fsp3) is 0.182. The molecule has 0 spiro atoms. The first-order valence-electron chi connectivity index (χ1n) is 5.07. The highest BCUT2D eigenvalue weighted by atomic mass is 16.2. The lowest BCUT2D eigenvalue weighted by Crippen LogP contribution is -2.23. The van der Waals surface area contributed by atoms with E-state index in [2.05, 4.69) is 15.6 Å². The van der Waals surface area contributed by atoms with Gasteiger partial charge in [0, 0.05) is 12.7 Å². The zero-order chi connectivity index (χ0) is 12.4. The predicted molar refractivity (Wildman–Crippen MR) is 63.0 cm³/mol. The van der Waals surface area contributed by atoms with Gasteiger partial charge in [0.15, 0.2) is 0 Å². The summed E-state index contributed by atoms with van der Waals surface area (Å²) in [4.78, 5) is 23.2. The Kier molecular flexibility index (Phi) is 2.78. The van der Waals surface area contributed by atoms with Crippen LogP contribution in [0, 0.1) is 6.92 Å². The summed E-state index contributed by atoms with van der Waals surface area (Å²) in [5, 5.41) is 8.65. The molecule has 1 aromatic heterocycles. The molecular weight excluding hydrogens is 220 g/mol. The molecule has 0 fully saturated rings. The van der Waals surface area contributed by atoms with Gasteiger partial charge in [0.25, 0.3) is 11.5 Å². The topological polar surface area (TPSA) is 79.8 Å². The molecule has 1 aromatic carbocycles. The highest BCUT2D eigenvalue weighted by Crippen LogP contribution is 2.08. The van der Waals surface area contributed by atoms with Crippen LogP contribution in [-0.4, -0.2) is 20.9 Å². The Balaban J connectivity index is 2.20. The van der Waals surface area contributed by atoms with E-state index in [4.69, 9.17) is 0 Å². The van der Waals surface area contributed by atoms with Crippen LogP contribution in [0.15, 0.2) is 29.1 Å². The summed E-state index contributed by atoms with van der Waals surface area (Å²) < 4.78 is 1.14. The lowest BCUT2D eigenvalue weighted by Gasteiger charge is -2.02. The van der Waals surface area contributed by atoms with Crippen molar-refractivity contribution in [3.05, 3.63) is 45.9 Å². The van der Waals surface area contributed by atoms with Crippen molar-refractivity contribution in [3.8, 4) is 0 Å². The predicted octanol–water partition coefficient (Wildman–Crippen LogP) is 0.669. The van der Waals surface area contributed by atoms with Crippen LogP contribution >= 0.6 is 0 Å². The van der Waals surface area contributed by atoms with Crippen molar-refractivity contribution in [1.29, 1.82) is 0 Å². The number of aryl methyl sites for hydroxylation is 2. The second-order valence-electron chi connectivity index (χ2n) is 3.74. The Hall–Kier alpha value is -2.37. The van der Waals surface area contributed by atoms with E-state index in [1.165, 1.54) is 7.05 Å². The molecule has 6 nitrogen and oxygen atoms in total. The molecule has 0 saturated heterocycles. The Labute approximate surface area is 97.3 Å². The second-order valence-corrected chi connectivity index (χ2v) is 3.74. The number of carbonyl (C=O) groups excluding carboxylic acids is 1. The molecule has 1 amide bonds. The van der Waals surface area contributed by atoms with Crippen LogP contribution in [0.2, 0.25) is 0 Å². The summed E-state index contributed by atoms with van der Waals surface area (Å²) in [7, 11) is 1.50. The van der Waals surface area contributed by atoms with Crippen LogP contribution in [0.3, 0.4) is 0 Å². The standard InChI is InChI=1S/C11H12N4O2/c1-7-3-5-8(6-4-7)12-10(16)9-11(17)15(2)14-13-9/h3-6,14H,1-2H3,(H,12,16). The molecule has 17 heavy (non-hydrogen) atoms. The van der Waals surface area contributed by atoms with Gasteiger partial charge in [0.2, 0.25) is 5.69 Å². The molecule has 0 radical (unpaired) electrons. The van der Waals surface area contributed by atoms with E-state index < -0.39 is 11.5 Å². The highest BCUT2D eigenvalue weighted by Gasteiger charge is 2.15. The van der Waals surface area contributed by atoms with E-state index in [0.29, 0.717) is 5.69 Å². The quantitative estimate of drug-likeness (QED) is 0.798. The first-order valence-corrected chi connectivity index (χ1v) is 5.07. The number of anilines is 1. The Morgan fingerprint density at radius 1 is 1.35 bits per heavy atom. The van der Waals surface area contributed by atoms with Crippen LogP contribution in [-0.2, 0) is 7.05 Å². The minimum atomic E-state index is -0.518. The summed E-state index contributed by atoms with van der Waals surface area (Å²) in [5.41, 5.74) is 1.13. The Bertz CT molecular complexity index is 595. The number of amides is 1. The van der Waals surface area contributed by atoms with Gasteiger partial charge in [-0.2, -0.15) is 0 Å². The van der Waals surface area contributed by atoms with Gasteiger partial charge in [-0.3, -0.25) is 9.59 Å². The van der Waals surface area contributed by atoms with Crippen LogP contribution in [0.25, 0.3) is 0 Å². The van der Waals surface area contributed by atoms with Crippen LogP contribution in [0.4, 0.5) is 5.69 Å². The fourth-order valence-electron chi connectivity index (χ4n) is 1.35. The first-order chi connectivity index (χ1) is 8.08. The molecule has 0 aliphatic rings. The van der Waals surface area contributed by atoms with Crippen molar-refractivity contribution in [2.45, 2.75) is 6.92 Å². The highest BCUT2D eigenvalue weighted by molar-refractivity contribution is 6.02. The maximum absolute atomic E-state index is 11.7. The maximum Gasteiger partial charge on any atom is 0.299 e. The van der Waals surface area contributed by atoms with Crippen LogP contribution in [0.5, 0.6) is 0 Å². The number of carbonyl (C=O) groups is 1. The molecule has 0 unspecified atom stereocenters. The smallest absolute Gasteiger partial charge is 0.299 e. The van der Waals surface area contributed by atoms with Crippen molar-refractivity contribution in [2.75, 3.05) is 5.32 Å². The van der Waals surface area contributed by atoms with Gasteiger partial charge in [-0.1, -0.05) is 17.7 Å². The zero-order valence-corrected chi connectivity index (χ0v) is 9.52. The molecule has 1 heterocycles. The molecule has 0 bridgehead atoms. The SMILES string of the molecule is Cc1ccc(NC(=O)c2n[nH]n(C)c2=O)cc1. The van der Waals surface area contributed by atoms with E-state index in [9.17, 15) is 9.59 Å². The monoisotopic (exact) mass is 232 g/mol. The van der Waals surface area contributed by atoms with E-state index >= 15 is 0 Å². The summed E-state index contributed by atoms with van der Waals surface area (Å²) in [6.45, 7) is 1.95. The first kappa shape index (κ1) is 11.1. The fourth-order valence-corrected chi connectivity index (χ4v) is 1.35. The number of benzene rings is 1. The molecule has 2 aromatic rings.